The van der Waals surface area contributed by atoms with E-state index in [4.69, 9.17) is 5.73 Å². The van der Waals surface area contributed by atoms with Crippen LogP contribution in [0.2, 0.25) is 0 Å². The van der Waals surface area contributed by atoms with Crippen molar-refractivity contribution < 1.29 is 12.8 Å². The molecule has 2 atom stereocenters. The van der Waals surface area contributed by atoms with Crippen LogP contribution < -0.4 is 5.73 Å². The third-order valence-corrected chi connectivity index (χ3v) is 4.08. The minimum atomic E-state index is -2.93. The van der Waals surface area contributed by atoms with E-state index in [0.29, 0.717) is 12.8 Å². The summed E-state index contributed by atoms with van der Waals surface area (Å²) >= 11 is 0. The van der Waals surface area contributed by atoms with Crippen LogP contribution in [-0.4, -0.2) is 32.6 Å². The van der Waals surface area contributed by atoms with Crippen molar-refractivity contribution in [3.63, 3.8) is 0 Å². The van der Waals surface area contributed by atoms with Gasteiger partial charge >= 0.3 is 0 Å². The molecule has 0 aromatic carbocycles. The Kier molecular flexibility index (Phi) is 3.06. The standard InChI is InChI=1S/C7H14FNO2S/c8-3-1-6-2-4-12(10,11)5-7(6)9/h6-7H,1-5,9H2. The predicted octanol–water partition coefficient (Wildman–Crippen LogP) is 0.108. The first-order valence-electron chi connectivity index (χ1n) is 4.07. The molecule has 1 fully saturated rings. The molecule has 0 spiro atoms. The van der Waals surface area contributed by atoms with Gasteiger partial charge in [0.1, 0.15) is 0 Å². The zero-order valence-electron chi connectivity index (χ0n) is 6.87. The Morgan fingerprint density at radius 3 is 2.67 bits per heavy atom. The van der Waals surface area contributed by atoms with Gasteiger partial charge in [0.05, 0.1) is 18.2 Å². The maximum Gasteiger partial charge on any atom is 0.151 e. The first-order valence-corrected chi connectivity index (χ1v) is 5.89. The summed E-state index contributed by atoms with van der Waals surface area (Å²) in [6.45, 7) is -0.404. The van der Waals surface area contributed by atoms with Crippen LogP contribution in [0, 0.1) is 5.92 Å². The number of nitrogens with two attached hydrogens (primary N) is 1. The summed E-state index contributed by atoms with van der Waals surface area (Å²) in [6, 6.07) is -0.362. The summed E-state index contributed by atoms with van der Waals surface area (Å²) in [6.07, 6.45) is 0.921. The van der Waals surface area contributed by atoms with Crippen LogP contribution >= 0.6 is 0 Å². The van der Waals surface area contributed by atoms with E-state index in [9.17, 15) is 12.8 Å². The lowest BCUT2D eigenvalue weighted by Gasteiger charge is -2.27. The second-order valence-corrected chi connectivity index (χ2v) is 5.53. The molecule has 0 aliphatic carbocycles. The topological polar surface area (TPSA) is 60.2 Å². The first-order chi connectivity index (χ1) is 5.55. The molecule has 3 nitrogen and oxygen atoms in total. The number of rotatable bonds is 2. The summed E-state index contributed by atoms with van der Waals surface area (Å²) in [5.74, 6) is 0.252. The van der Waals surface area contributed by atoms with Crippen LogP contribution in [-0.2, 0) is 9.84 Å². The molecule has 0 radical (unpaired) electrons. The molecule has 72 valence electrons. The van der Waals surface area contributed by atoms with Gasteiger partial charge in [0.25, 0.3) is 0 Å². The number of alkyl halides is 1. The average molecular weight is 195 g/mol. The van der Waals surface area contributed by atoms with Crippen LogP contribution in [0.1, 0.15) is 12.8 Å². The number of hydrogen-bond acceptors (Lipinski definition) is 3. The van der Waals surface area contributed by atoms with Crippen LogP contribution in [0.5, 0.6) is 0 Å². The maximum absolute atomic E-state index is 11.9. The van der Waals surface area contributed by atoms with Gasteiger partial charge in [-0.05, 0) is 18.8 Å². The van der Waals surface area contributed by atoms with Crippen molar-refractivity contribution in [2.24, 2.45) is 11.7 Å². The molecular weight excluding hydrogens is 181 g/mol. The molecule has 1 rings (SSSR count). The number of sulfone groups is 1. The molecule has 5 heteroatoms. The van der Waals surface area contributed by atoms with Crippen molar-refractivity contribution >= 4 is 9.84 Å². The first kappa shape index (κ1) is 9.92. The van der Waals surface area contributed by atoms with Crippen LogP contribution in [0.4, 0.5) is 4.39 Å². The van der Waals surface area contributed by atoms with E-state index in [1.807, 2.05) is 0 Å². The molecule has 2 N–H and O–H groups in total. The fraction of sp³-hybridized carbons (Fsp3) is 1.00. The van der Waals surface area contributed by atoms with Gasteiger partial charge in [0.2, 0.25) is 0 Å². The Labute approximate surface area is 72.1 Å². The van der Waals surface area contributed by atoms with E-state index in [0.717, 1.165) is 0 Å². The minimum Gasteiger partial charge on any atom is -0.327 e. The Morgan fingerprint density at radius 1 is 1.50 bits per heavy atom. The van der Waals surface area contributed by atoms with Crippen LogP contribution in [0.3, 0.4) is 0 Å². The zero-order valence-corrected chi connectivity index (χ0v) is 7.69. The van der Waals surface area contributed by atoms with Gasteiger partial charge < -0.3 is 5.73 Å². The van der Waals surface area contributed by atoms with Gasteiger partial charge in [-0.25, -0.2) is 8.42 Å². The summed E-state index contributed by atoms with van der Waals surface area (Å²) in [7, 11) is -2.93. The highest BCUT2D eigenvalue weighted by atomic mass is 32.2. The molecule has 0 bridgehead atoms. The lowest BCUT2D eigenvalue weighted by atomic mass is 9.95. The van der Waals surface area contributed by atoms with Gasteiger partial charge in [-0.15, -0.1) is 0 Å². The van der Waals surface area contributed by atoms with Crippen LogP contribution in [0.15, 0.2) is 0 Å². The quantitative estimate of drug-likeness (QED) is 0.680. The Bertz CT molecular complexity index is 240. The highest BCUT2D eigenvalue weighted by Gasteiger charge is 2.29. The summed E-state index contributed by atoms with van der Waals surface area (Å²) in [5.41, 5.74) is 5.59. The Balaban J connectivity index is 2.54. The second kappa shape index (κ2) is 3.70. The third-order valence-electron chi connectivity index (χ3n) is 2.33. The van der Waals surface area contributed by atoms with Gasteiger partial charge in [-0.1, -0.05) is 0 Å². The van der Waals surface area contributed by atoms with Crippen molar-refractivity contribution in [3.8, 4) is 0 Å². The van der Waals surface area contributed by atoms with Gasteiger partial charge in [0, 0.05) is 6.04 Å². The second-order valence-electron chi connectivity index (χ2n) is 3.30. The normalized spacial score (nSPS) is 34.8. The highest BCUT2D eigenvalue weighted by Crippen LogP contribution is 2.20. The average Bonchev–Trinajstić information content (AvgIpc) is 1.94. The van der Waals surface area contributed by atoms with E-state index in [1.54, 1.807) is 0 Å². The molecule has 1 aliphatic rings. The number of hydrogen-bond donors (Lipinski definition) is 1. The van der Waals surface area contributed by atoms with E-state index >= 15 is 0 Å². The molecule has 12 heavy (non-hydrogen) atoms. The van der Waals surface area contributed by atoms with Crippen molar-refractivity contribution in [2.45, 2.75) is 18.9 Å². The Hall–Kier alpha value is -0.160. The molecule has 1 heterocycles. The van der Waals surface area contributed by atoms with Crippen LogP contribution in [0.25, 0.3) is 0 Å². The van der Waals surface area contributed by atoms with Gasteiger partial charge in [-0.2, -0.15) is 0 Å². The summed E-state index contributed by atoms with van der Waals surface area (Å²) in [4.78, 5) is 0. The van der Waals surface area contributed by atoms with E-state index in [1.165, 1.54) is 0 Å². The lowest BCUT2D eigenvalue weighted by Crippen LogP contribution is -2.43. The Morgan fingerprint density at radius 2 is 2.17 bits per heavy atom. The number of halogens is 1. The van der Waals surface area contributed by atoms with Crippen molar-refractivity contribution in [1.82, 2.24) is 0 Å². The van der Waals surface area contributed by atoms with Gasteiger partial charge in [0.15, 0.2) is 9.84 Å². The smallest absolute Gasteiger partial charge is 0.151 e. The zero-order chi connectivity index (χ0) is 9.19. The molecule has 0 aromatic rings. The molecule has 0 saturated carbocycles. The maximum atomic E-state index is 11.9. The molecule has 1 saturated heterocycles. The molecular formula is C7H14FNO2S. The van der Waals surface area contributed by atoms with Crippen molar-refractivity contribution in [3.05, 3.63) is 0 Å². The molecule has 0 aromatic heterocycles. The fourth-order valence-corrected chi connectivity index (χ4v) is 3.24. The lowest BCUT2D eigenvalue weighted by molar-refractivity contribution is 0.334. The summed E-state index contributed by atoms with van der Waals surface area (Å²) in [5, 5.41) is 0. The highest BCUT2D eigenvalue weighted by molar-refractivity contribution is 7.91. The summed E-state index contributed by atoms with van der Waals surface area (Å²) < 4.78 is 34.0. The van der Waals surface area contributed by atoms with E-state index in [2.05, 4.69) is 0 Å². The predicted molar refractivity (Wildman–Crippen MR) is 45.3 cm³/mol. The molecule has 1 aliphatic heterocycles. The van der Waals surface area contributed by atoms with E-state index in [-0.39, 0.29) is 23.5 Å². The monoisotopic (exact) mass is 195 g/mol. The largest absolute Gasteiger partial charge is 0.327 e. The fourth-order valence-electron chi connectivity index (χ4n) is 1.56. The third kappa shape index (κ3) is 2.42. The van der Waals surface area contributed by atoms with Crippen molar-refractivity contribution in [2.75, 3.05) is 18.2 Å². The van der Waals surface area contributed by atoms with Gasteiger partial charge in [-0.3, -0.25) is 4.39 Å². The molecule has 2 unspecified atom stereocenters. The minimum absolute atomic E-state index is 0.0255. The molecule has 0 amide bonds. The van der Waals surface area contributed by atoms with Crippen molar-refractivity contribution in [1.29, 1.82) is 0 Å². The SMILES string of the molecule is NC1CS(=O)(=O)CCC1CCF. The van der Waals surface area contributed by atoms with E-state index < -0.39 is 16.5 Å².